The highest BCUT2D eigenvalue weighted by atomic mass is 127. The first kappa shape index (κ1) is 25.0. The Bertz CT molecular complexity index is 829. The van der Waals surface area contributed by atoms with Gasteiger partial charge in [0.15, 0.2) is 5.96 Å². The molecule has 2 atom stereocenters. The van der Waals surface area contributed by atoms with Gasteiger partial charge in [-0.25, -0.2) is 9.98 Å². The van der Waals surface area contributed by atoms with E-state index in [0.29, 0.717) is 6.54 Å². The van der Waals surface area contributed by atoms with Gasteiger partial charge in [-0.15, -0.1) is 35.3 Å². The fraction of sp³-hybridized carbons (Fsp3) is 0.565. The number of aromatic nitrogens is 1. The molecule has 2 aromatic heterocycles. The minimum Gasteiger partial charge on any atom is -0.372 e. The number of guanidine groups is 1. The summed E-state index contributed by atoms with van der Waals surface area (Å²) < 4.78 is 5.83. The number of morpholine rings is 1. The van der Waals surface area contributed by atoms with Gasteiger partial charge in [0.2, 0.25) is 0 Å². The third-order valence-electron chi connectivity index (χ3n) is 5.70. The monoisotopic (exact) mass is 570 g/mol. The highest BCUT2D eigenvalue weighted by Gasteiger charge is 2.23. The zero-order chi connectivity index (χ0) is 21.6. The van der Waals surface area contributed by atoms with Gasteiger partial charge in [0, 0.05) is 52.0 Å². The first-order chi connectivity index (χ1) is 15.1. The number of halogens is 1. The van der Waals surface area contributed by atoms with Gasteiger partial charge in [-0.05, 0) is 49.9 Å². The summed E-state index contributed by atoms with van der Waals surface area (Å²) in [5.74, 6) is 2.01. The summed E-state index contributed by atoms with van der Waals surface area (Å²) in [6, 6.07) is 8.59. The molecule has 2 saturated heterocycles. The smallest absolute Gasteiger partial charge is 0.194 e. The molecule has 2 aliphatic rings. The molecule has 0 radical (unpaired) electrons. The Balaban J connectivity index is 0.00000289. The van der Waals surface area contributed by atoms with Crippen LogP contribution in [0.15, 0.2) is 40.8 Å². The summed E-state index contributed by atoms with van der Waals surface area (Å²) in [7, 11) is 0. The first-order valence-electron chi connectivity index (χ1n) is 11.3. The molecule has 1 N–H and O–H groups in total. The Morgan fingerprint density at radius 2 is 1.88 bits per heavy atom. The van der Waals surface area contributed by atoms with E-state index in [1.165, 1.54) is 5.00 Å². The van der Waals surface area contributed by atoms with Crippen LogP contribution < -0.4 is 15.1 Å². The van der Waals surface area contributed by atoms with E-state index in [1.807, 2.05) is 17.5 Å². The Labute approximate surface area is 212 Å². The van der Waals surface area contributed by atoms with Crippen molar-refractivity contribution < 1.29 is 4.74 Å². The van der Waals surface area contributed by atoms with Crippen molar-refractivity contribution >= 4 is 52.1 Å². The van der Waals surface area contributed by atoms with Gasteiger partial charge >= 0.3 is 0 Å². The molecule has 0 saturated carbocycles. The molecule has 2 aromatic rings. The van der Waals surface area contributed by atoms with Crippen molar-refractivity contribution in [1.82, 2.24) is 15.2 Å². The standard InChI is InChI=1S/C23H34N6OS.HI/c1-4-24-23(28-11-9-27(10-12-28)22-6-5-13-31-22)26-15-20-7-8-21(25-14-20)29-16-18(2)30-19(3)17-29;/h5-8,13-14,18-19H,4,9-12,15-17H2,1-3H3,(H,24,26);1H. The van der Waals surface area contributed by atoms with E-state index in [9.17, 15) is 0 Å². The quantitative estimate of drug-likeness (QED) is 0.337. The van der Waals surface area contributed by atoms with Crippen molar-refractivity contribution in [1.29, 1.82) is 0 Å². The summed E-state index contributed by atoms with van der Waals surface area (Å²) >= 11 is 1.81. The van der Waals surface area contributed by atoms with Crippen LogP contribution in [0.3, 0.4) is 0 Å². The molecule has 7 nitrogen and oxygen atoms in total. The Morgan fingerprint density at radius 3 is 2.47 bits per heavy atom. The Hall–Kier alpha value is -1.59. The van der Waals surface area contributed by atoms with Crippen LogP contribution in [-0.2, 0) is 11.3 Å². The normalized spacial score (nSPS) is 22.0. The van der Waals surface area contributed by atoms with E-state index in [-0.39, 0.29) is 36.2 Å². The summed E-state index contributed by atoms with van der Waals surface area (Å²) in [5, 5.41) is 6.97. The Morgan fingerprint density at radius 1 is 1.12 bits per heavy atom. The van der Waals surface area contributed by atoms with Gasteiger partial charge in [0.05, 0.1) is 23.8 Å². The first-order valence-corrected chi connectivity index (χ1v) is 12.2. The number of rotatable bonds is 5. The lowest BCUT2D eigenvalue weighted by molar-refractivity contribution is -0.00545. The van der Waals surface area contributed by atoms with Crippen molar-refractivity contribution in [2.45, 2.75) is 39.5 Å². The molecule has 4 rings (SSSR count). The van der Waals surface area contributed by atoms with E-state index in [1.54, 1.807) is 0 Å². The lowest BCUT2D eigenvalue weighted by Crippen LogP contribution is -2.52. The van der Waals surface area contributed by atoms with Crippen LogP contribution in [0.5, 0.6) is 0 Å². The molecule has 0 spiro atoms. The van der Waals surface area contributed by atoms with Crippen molar-refractivity contribution in [2.24, 2.45) is 4.99 Å². The van der Waals surface area contributed by atoms with E-state index in [4.69, 9.17) is 14.7 Å². The molecule has 4 heterocycles. The molecule has 2 unspecified atom stereocenters. The summed E-state index contributed by atoms with van der Waals surface area (Å²) in [6.45, 7) is 13.7. The van der Waals surface area contributed by atoms with Gasteiger partial charge in [-0.3, -0.25) is 0 Å². The highest BCUT2D eigenvalue weighted by molar-refractivity contribution is 14.0. The van der Waals surface area contributed by atoms with Crippen LogP contribution in [0.25, 0.3) is 0 Å². The number of thiophene rings is 1. The number of nitrogens with zero attached hydrogens (tertiary/aromatic N) is 5. The fourth-order valence-electron chi connectivity index (χ4n) is 4.24. The molecule has 2 aliphatic heterocycles. The molecule has 32 heavy (non-hydrogen) atoms. The molecular weight excluding hydrogens is 535 g/mol. The van der Waals surface area contributed by atoms with Gasteiger partial charge < -0.3 is 24.8 Å². The van der Waals surface area contributed by atoms with Crippen molar-refractivity contribution in [3.05, 3.63) is 41.4 Å². The average molecular weight is 571 g/mol. The van der Waals surface area contributed by atoms with E-state index >= 15 is 0 Å². The van der Waals surface area contributed by atoms with Gasteiger partial charge in [-0.2, -0.15) is 0 Å². The second-order valence-electron chi connectivity index (χ2n) is 8.28. The minimum atomic E-state index is 0. The summed E-state index contributed by atoms with van der Waals surface area (Å²) in [4.78, 5) is 16.7. The number of piperazine rings is 1. The third-order valence-corrected chi connectivity index (χ3v) is 6.63. The molecule has 0 bridgehead atoms. The number of aliphatic imine (C=N–C) groups is 1. The molecule has 0 aromatic carbocycles. The zero-order valence-electron chi connectivity index (χ0n) is 19.2. The van der Waals surface area contributed by atoms with Gasteiger partial charge in [0.1, 0.15) is 5.82 Å². The highest BCUT2D eigenvalue weighted by Crippen LogP contribution is 2.22. The van der Waals surface area contributed by atoms with Crippen LogP contribution in [0, 0.1) is 0 Å². The minimum absolute atomic E-state index is 0. The van der Waals surface area contributed by atoms with E-state index in [0.717, 1.165) is 63.2 Å². The zero-order valence-corrected chi connectivity index (χ0v) is 22.4. The van der Waals surface area contributed by atoms with Crippen LogP contribution in [0.4, 0.5) is 10.8 Å². The van der Waals surface area contributed by atoms with Crippen LogP contribution in [0.1, 0.15) is 26.3 Å². The Kier molecular flexibility index (Phi) is 9.42. The fourth-order valence-corrected chi connectivity index (χ4v) is 5.03. The second-order valence-corrected chi connectivity index (χ2v) is 9.21. The van der Waals surface area contributed by atoms with Crippen molar-refractivity contribution in [2.75, 3.05) is 55.6 Å². The van der Waals surface area contributed by atoms with Crippen molar-refractivity contribution in [3.8, 4) is 0 Å². The lowest BCUT2D eigenvalue weighted by Gasteiger charge is -2.37. The second kappa shape index (κ2) is 12.0. The maximum Gasteiger partial charge on any atom is 0.194 e. The molecule has 2 fully saturated rings. The predicted octanol–water partition coefficient (Wildman–Crippen LogP) is 3.66. The third kappa shape index (κ3) is 6.48. The van der Waals surface area contributed by atoms with Crippen molar-refractivity contribution in [3.63, 3.8) is 0 Å². The number of anilines is 2. The van der Waals surface area contributed by atoms with Crippen LogP contribution in [-0.4, -0.2) is 73.9 Å². The summed E-state index contributed by atoms with van der Waals surface area (Å²) in [5.41, 5.74) is 1.13. The predicted molar refractivity (Wildman–Crippen MR) is 145 cm³/mol. The molecule has 9 heteroatoms. The SMILES string of the molecule is CCNC(=NCc1ccc(N2CC(C)OC(C)C2)nc1)N1CCN(c2cccs2)CC1.I. The lowest BCUT2D eigenvalue weighted by atomic mass is 10.2. The van der Waals surface area contributed by atoms with Crippen LogP contribution >= 0.6 is 35.3 Å². The maximum atomic E-state index is 5.83. The molecular formula is C23H35IN6OS. The average Bonchev–Trinajstić information content (AvgIpc) is 3.31. The number of hydrogen-bond acceptors (Lipinski definition) is 6. The van der Waals surface area contributed by atoms with Gasteiger partial charge in [0.25, 0.3) is 0 Å². The van der Waals surface area contributed by atoms with E-state index < -0.39 is 0 Å². The number of hydrogen-bond donors (Lipinski definition) is 1. The van der Waals surface area contributed by atoms with Gasteiger partial charge in [-0.1, -0.05) is 6.07 Å². The summed E-state index contributed by atoms with van der Waals surface area (Å²) in [6.07, 6.45) is 2.43. The topological polar surface area (TPSA) is 56.2 Å². The number of ether oxygens (including phenoxy) is 1. The maximum absolute atomic E-state index is 5.83. The van der Waals surface area contributed by atoms with E-state index in [2.05, 4.69) is 70.4 Å². The largest absolute Gasteiger partial charge is 0.372 e. The van der Waals surface area contributed by atoms with Crippen LogP contribution in [0.2, 0.25) is 0 Å². The molecule has 0 aliphatic carbocycles. The number of nitrogens with one attached hydrogen (secondary N) is 1. The molecule has 176 valence electrons. The molecule has 0 amide bonds. The number of pyridine rings is 1.